The number of nitrogens with one attached hydrogen (secondary N) is 1. The number of imide groups is 1. The molecule has 1 N–H and O–H groups in total. The zero-order chi connectivity index (χ0) is 14.1. The topological polar surface area (TPSA) is 67.2 Å². The largest absolute Gasteiger partial charge is 0.383 e. The second-order valence-corrected chi connectivity index (χ2v) is 4.63. The van der Waals surface area contributed by atoms with Crippen LogP contribution in [0, 0.1) is 0 Å². The summed E-state index contributed by atoms with van der Waals surface area (Å²) in [4.78, 5) is 24.8. The normalized spacial score (nSPS) is 13.8. The van der Waals surface area contributed by atoms with Crippen molar-refractivity contribution >= 4 is 17.5 Å². The van der Waals surface area contributed by atoms with Crippen molar-refractivity contribution in [3.63, 3.8) is 0 Å². The van der Waals surface area contributed by atoms with Gasteiger partial charge in [-0.25, -0.2) is 0 Å². The number of benzene rings is 1. The van der Waals surface area contributed by atoms with Gasteiger partial charge in [-0.1, -0.05) is 0 Å². The van der Waals surface area contributed by atoms with Gasteiger partial charge in [0, 0.05) is 31.7 Å². The molecule has 6 nitrogen and oxygen atoms in total. The number of carbonyl (C=O) groups excluding carboxylic acids is 2. The Morgan fingerprint density at radius 1 is 1.20 bits per heavy atom. The summed E-state index contributed by atoms with van der Waals surface area (Å²) in [5.41, 5.74) is 1.75. The van der Waals surface area contributed by atoms with Gasteiger partial charge in [-0.05, 0) is 24.3 Å². The first-order valence-corrected chi connectivity index (χ1v) is 6.34. The smallest absolute Gasteiger partial charge is 0.261 e. The molecule has 2 aromatic rings. The molecule has 0 saturated heterocycles. The lowest BCUT2D eigenvalue weighted by atomic mass is 10.1. The van der Waals surface area contributed by atoms with Gasteiger partial charge >= 0.3 is 0 Å². The molecule has 0 saturated carbocycles. The predicted octanol–water partition coefficient (Wildman–Crippen LogP) is 1.22. The van der Waals surface area contributed by atoms with Gasteiger partial charge in [-0.3, -0.25) is 19.2 Å². The van der Waals surface area contributed by atoms with Crippen molar-refractivity contribution in [2.75, 3.05) is 18.9 Å². The Balaban J connectivity index is 1.70. The number of amides is 2. The standard InChI is InChI=1S/C14H14N4O2/c1-17-13(19)11-4-3-10(9-12(11)14(17)20)15-6-8-18-7-2-5-16-18/h2-5,7,9,15H,6,8H2,1H3. The van der Waals surface area contributed by atoms with Crippen LogP contribution in [-0.2, 0) is 6.54 Å². The second kappa shape index (κ2) is 4.80. The maximum Gasteiger partial charge on any atom is 0.261 e. The quantitative estimate of drug-likeness (QED) is 0.848. The second-order valence-electron chi connectivity index (χ2n) is 4.63. The summed E-state index contributed by atoms with van der Waals surface area (Å²) in [5.74, 6) is -0.492. The van der Waals surface area contributed by atoms with Crippen LogP contribution < -0.4 is 5.32 Å². The minimum Gasteiger partial charge on any atom is -0.383 e. The molecule has 0 radical (unpaired) electrons. The average molecular weight is 270 g/mol. The van der Waals surface area contributed by atoms with E-state index in [1.807, 2.05) is 23.0 Å². The monoisotopic (exact) mass is 270 g/mol. The van der Waals surface area contributed by atoms with E-state index in [0.717, 1.165) is 17.1 Å². The summed E-state index contributed by atoms with van der Waals surface area (Å²) >= 11 is 0. The van der Waals surface area contributed by atoms with Gasteiger partial charge in [-0.15, -0.1) is 0 Å². The van der Waals surface area contributed by atoms with E-state index in [4.69, 9.17) is 0 Å². The van der Waals surface area contributed by atoms with Crippen molar-refractivity contribution in [1.82, 2.24) is 14.7 Å². The van der Waals surface area contributed by atoms with Gasteiger partial charge in [0.05, 0.1) is 17.7 Å². The number of fused-ring (bicyclic) bond motifs is 1. The zero-order valence-corrected chi connectivity index (χ0v) is 11.0. The van der Waals surface area contributed by atoms with Gasteiger partial charge in [0.2, 0.25) is 0 Å². The first-order valence-electron chi connectivity index (χ1n) is 6.34. The van der Waals surface area contributed by atoms with E-state index in [-0.39, 0.29) is 11.8 Å². The van der Waals surface area contributed by atoms with E-state index in [2.05, 4.69) is 10.4 Å². The molecule has 0 aliphatic carbocycles. The Morgan fingerprint density at radius 3 is 2.75 bits per heavy atom. The summed E-state index contributed by atoms with van der Waals surface area (Å²) in [6, 6.07) is 7.10. The molecular weight excluding hydrogens is 256 g/mol. The molecule has 0 spiro atoms. The van der Waals surface area contributed by atoms with Crippen LogP contribution in [0.4, 0.5) is 5.69 Å². The molecule has 1 aromatic heterocycles. The number of hydrogen-bond acceptors (Lipinski definition) is 4. The van der Waals surface area contributed by atoms with Crippen LogP contribution in [0.15, 0.2) is 36.7 Å². The molecule has 3 rings (SSSR count). The molecule has 6 heteroatoms. The highest BCUT2D eigenvalue weighted by atomic mass is 16.2. The molecule has 2 amide bonds. The maximum absolute atomic E-state index is 11.9. The molecular formula is C14H14N4O2. The van der Waals surface area contributed by atoms with Crippen LogP contribution in [0.2, 0.25) is 0 Å². The molecule has 0 unspecified atom stereocenters. The third kappa shape index (κ3) is 2.05. The third-order valence-corrected chi connectivity index (χ3v) is 3.32. The van der Waals surface area contributed by atoms with Gasteiger partial charge in [0.1, 0.15) is 0 Å². The van der Waals surface area contributed by atoms with Crippen molar-refractivity contribution in [1.29, 1.82) is 0 Å². The summed E-state index contributed by atoms with van der Waals surface area (Å²) < 4.78 is 1.82. The van der Waals surface area contributed by atoms with E-state index < -0.39 is 0 Å². The fraction of sp³-hybridized carbons (Fsp3) is 0.214. The summed E-state index contributed by atoms with van der Waals surface area (Å²) in [6.07, 6.45) is 3.62. The Hall–Kier alpha value is -2.63. The predicted molar refractivity (Wildman–Crippen MR) is 73.6 cm³/mol. The maximum atomic E-state index is 11.9. The molecule has 0 bridgehead atoms. The van der Waals surface area contributed by atoms with Crippen LogP contribution in [0.3, 0.4) is 0 Å². The summed E-state index contributed by atoms with van der Waals surface area (Å²) in [7, 11) is 1.50. The van der Waals surface area contributed by atoms with Crippen LogP contribution in [0.25, 0.3) is 0 Å². The highest BCUT2D eigenvalue weighted by Gasteiger charge is 2.32. The van der Waals surface area contributed by atoms with Crippen molar-refractivity contribution in [2.45, 2.75) is 6.54 Å². The fourth-order valence-corrected chi connectivity index (χ4v) is 2.22. The molecule has 0 fully saturated rings. The average Bonchev–Trinajstić information content (AvgIpc) is 3.04. The van der Waals surface area contributed by atoms with Crippen LogP contribution >= 0.6 is 0 Å². The van der Waals surface area contributed by atoms with Crippen molar-refractivity contribution < 1.29 is 9.59 Å². The van der Waals surface area contributed by atoms with Crippen LogP contribution in [0.5, 0.6) is 0 Å². The lowest BCUT2D eigenvalue weighted by Crippen LogP contribution is -2.24. The molecule has 20 heavy (non-hydrogen) atoms. The Bertz CT molecular complexity index is 664. The van der Waals surface area contributed by atoms with Gasteiger partial charge in [0.15, 0.2) is 0 Å². The van der Waals surface area contributed by atoms with E-state index in [1.54, 1.807) is 18.3 Å². The lowest BCUT2D eigenvalue weighted by Gasteiger charge is -2.07. The Kier molecular flexibility index (Phi) is 2.98. The van der Waals surface area contributed by atoms with E-state index in [1.165, 1.54) is 7.05 Å². The van der Waals surface area contributed by atoms with Crippen LogP contribution in [-0.4, -0.2) is 40.1 Å². The van der Waals surface area contributed by atoms with Gasteiger partial charge < -0.3 is 5.32 Å². The minimum atomic E-state index is -0.249. The zero-order valence-electron chi connectivity index (χ0n) is 11.0. The Labute approximate surface area is 116 Å². The van der Waals surface area contributed by atoms with Crippen LogP contribution in [0.1, 0.15) is 20.7 Å². The number of carbonyl (C=O) groups is 2. The lowest BCUT2D eigenvalue weighted by molar-refractivity contribution is 0.0693. The van der Waals surface area contributed by atoms with Gasteiger partial charge in [-0.2, -0.15) is 5.10 Å². The number of hydrogen-bond donors (Lipinski definition) is 1. The number of nitrogens with zero attached hydrogens (tertiary/aromatic N) is 3. The molecule has 102 valence electrons. The van der Waals surface area contributed by atoms with E-state index in [9.17, 15) is 9.59 Å². The van der Waals surface area contributed by atoms with Crippen molar-refractivity contribution in [3.05, 3.63) is 47.8 Å². The third-order valence-electron chi connectivity index (χ3n) is 3.32. The van der Waals surface area contributed by atoms with Crippen molar-refractivity contribution in [2.24, 2.45) is 0 Å². The summed E-state index contributed by atoms with van der Waals surface area (Å²) in [5, 5.41) is 7.33. The number of rotatable bonds is 4. The molecule has 1 aliphatic rings. The SMILES string of the molecule is CN1C(=O)c2ccc(NCCn3cccn3)cc2C1=O. The van der Waals surface area contributed by atoms with E-state index >= 15 is 0 Å². The van der Waals surface area contributed by atoms with Crippen molar-refractivity contribution in [3.8, 4) is 0 Å². The Morgan fingerprint density at radius 2 is 2.00 bits per heavy atom. The molecule has 1 aromatic carbocycles. The number of anilines is 1. The highest BCUT2D eigenvalue weighted by Crippen LogP contribution is 2.24. The fourth-order valence-electron chi connectivity index (χ4n) is 2.22. The molecule has 2 heterocycles. The van der Waals surface area contributed by atoms with Gasteiger partial charge in [0.25, 0.3) is 11.8 Å². The first-order chi connectivity index (χ1) is 9.66. The molecule has 1 aliphatic heterocycles. The highest BCUT2D eigenvalue weighted by molar-refractivity contribution is 6.21. The molecule has 0 atom stereocenters. The summed E-state index contributed by atoms with van der Waals surface area (Å²) in [6.45, 7) is 1.43. The minimum absolute atomic E-state index is 0.243. The van der Waals surface area contributed by atoms with E-state index in [0.29, 0.717) is 17.7 Å². The first kappa shape index (κ1) is 12.4. The number of aromatic nitrogens is 2.